The maximum absolute atomic E-state index is 11.9. The number of carbonyl (C=O) groups is 1. The minimum Gasteiger partial charge on any atom is -0.493 e. The van der Waals surface area contributed by atoms with Crippen molar-refractivity contribution in [3.05, 3.63) is 64.8 Å². The van der Waals surface area contributed by atoms with Crippen molar-refractivity contribution in [2.75, 3.05) is 12.8 Å². The Morgan fingerprint density at radius 1 is 1.18 bits per heavy atom. The highest BCUT2D eigenvalue weighted by molar-refractivity contribution is 7.51. The molecule has 0 spiro atoms. The summed E-state index contributed by atoms with van der Waals surface area (Å²) in [5.41, 5.74) is 10.8. The predicted octanol–water partition coefficient (Wildman–Crippen LogP) is 4.35. The van der Waals surface area contributed by atoms with Gasteiger partial charge in [0.05, 0.1) is 19.2 Å². The minimum absolute atomic E-state index is 0.139. The number of benzene rings is 2. The van der Waals surface area contributed by atoms with Gasteiger partial charge in [-0.25, -0.2) is 0 Å². The van der Waals surface area contributed by atoms with Crippen molar-refractivity contribution in [1.29, 1.82) is 0 Å². The molecule has 1 aromatic heterocycles. The lowest BCUT2D eigenvalue weighted by molar-refractivity contribution is -0.117. The van der Waals surface area contributed by atoms with Crippen molar-refractivity contribution in [2.24, 2.45) is 5.73 Å². The van der Waals surface area contributed by atoms with Gasteiger partial charge in [-0.2, -0.15) is 0 Å². The standard InChI is InChI=1S/C25H33N2O5P/c1-4-22-21(15-25(26)28)20-14-24(32-11-8-12-33(29,30)31)19(17(2)3)13-23(20)27(22)16-18-9-6-5-7-10-18/h5-7,9-10,13-14,17H,4,8,11-12,15-16H2,1-3H3,(H2,26,28)(H2,29,30,31). The second-order valence-corrected chi connectivity index (χ2v) is 10.4. The summed E-state index contributed by atoms with van der Waals surface area (Å²) in [6, 6.07) is 14.3. The Bertz CT molecular complexity index is 1160. The minimum atomic E-state index is -4.06. The van der Waals surface area contributed by atoms with Gasteiger partial charge in [0.1, 0.15) is 5.75 Å². The molecular weight excluding hydrogens is 439 g/mol. The van der Waals surface area contributed by atoms with E-state index in [1.165, 1.54) is 5.56 Å². The second-order valence-electron chi connectivity index (χ2n) is 8.65. The number of aromatic nitrogens is 1. The van der Waals surface area contributed by atoms with Crippen LogP contribution in [0.5, 0.6) is 5.75 Å². The van der Waals surface area contributed by atoms with Crippen LogP contribution in [0.4, 0.5) is 0 Å². The number of carbonyl (C=O) groups excluding carboxylic acids is 1. The SMILES string of the molecule is CCc1c(CC(N)=O)c2cc(OCCCP(=O)(O)O)c(C(C)C)cc2n1Cc1ccccc1. The summed E-state index contributed by atoms with van der Waals surface area (Å²) in [7, 11) is -4.06. The van der Waals surface area contributed by atoms with Crippen molar-refractivity contribution >= 4 is 24.4 Å². The van der Waals surface area contributed by atoms with E-state index in [0.29, 0.717) is 12.3 Å². The average Bonchev–Trinajstić information content (AvgIpc) is 3.01. The topological polar surface area (TPSA) is 115 Å². The molecule has 33 heavy (non-hydrogen) atoms. The summed E-state index contributed by atoms with van der Waals surface area (Å²) in [5.74, 6) is 0.463. The Kier molecular flexibility index (Phi) is 8.01. The number of ether oxygens (including phenoxy) is 1. The molecule has 0 atom stereocenters. The zero-order chi connectivity index (χ0) is 24.2. The molecule has 0 aliphatic carbocycles. The van der Waals surface area contributed by atoms with Gasteiger partial charge in [-0.1, -0.05) is 51.1 Å². The quantitative estimate of drug-likeness (QED) is 0.284. The molecule has 0 unspecified atom stereocenters. The van der Waals surface area contributed by atoms with Crippen LogP contribution in [-0.2, 0) is 28.7 Å². The summed E-state index contributed by atoms with van der Waals surface area (Å²) in [5, 5.41) is 0.927. The molecule has 1 amide bonds. The normalized spacial score (nSPS) is 11.9. The van der Waals surface area contributed by atoms with E-state index < -0.39 is 7.60 Å². The smallest absolute Gasteiger partial charge is 0.325 e. The zero-order valence-corrected chi connectivity index (χ0v) is 20.3. The summed E-state index contributed by atoms with van der Waals surface area (Å²) < 4.78 is 19.4. The third-order valence-corrected chi connectivity index (χ3v) is 6.66. The van der Waals surface area contributed by atoms with Crippen molar-refractivity contribution in [1.82, 2.24) is 4.57 Å². The second kappa shape index (κ2) is 10.6. The van der Waals surface area contributed by atoms with E-state index in [9.17, 15) is 9.36 Å². The Hall–Kier alpha value is -2.60. The molecule has 0 saturated carbocycles. The number of rotatable bonds is 11. The van der Waals surface area contributed by atoms with Crippen molar-refractivity contribution in [2.45, 2.75) is 52.5 Å². The first-order chi connectivity index (χ1) is 15.6. The number of fused-ring (bicyclic) bond motifs is 1. The lowest BCUT2D eigenvalue weighted by Crippen LogP contribution is -2.15. The average molecular weight is 473 g/mol. The number of primary amides is 1. The number of hydrogen-bond donors (Lipinski definition) is 3. The number of nitrogens with two attached hydrogens (primary N) is 1. The highest BCUT2D eigenvalue weighted by Crippen LogP contribution is 2.38. The van der Waals surface area contributed by atoms with Gasteiger partial charge in [0.2, 0.25) is 5.91 Å². The monoisotopic (exact) mass is 472 g/mol. The fourth-order valence-corrected chi connectivity index (χ4v) is 4.81. The van der Waals surface area contributed by atoms with E-state index >= 15 is 0 Å². The Balaban J connectivity index is 2.11. The van der Waals surface area contributed by atoms with E-state index in [1.54, 1.807) is 0 Å². The molecule has 0 aliphatic heterocycles. The Morgan fingerprint density at radius 3 is 2.45 bits per heavy atom. The fraction of sp³-hybridized carbons (Fsp3) is 0.400. The van der Waals surface area contributed by atoms with E-state index in [2.05, 4.69) is 43.5 Å². The summed E-state index contributed by atoms with van der Waals surface area (Å²) in [6.07, 6.45) is 0.926. The van der Waals surface area contributed by atoms with Gasteiger partial charge in [-0.05, 0) is 47.6 Å². The number of hydrogen-bond acceptors (Lipinski definition) is 3. The maximum atomic E-state index is 11.9. The van der Waals surface area contributed by atoms with Gasteiger partial charge in [0.15, 0.2) is 0 Å². The lowest BCUT2D eigenvalue weighted by atomic mass is 9.98. The van der Waals surface area contributed by atoms with Crippen LogP contribution in [0.1, 0.15) is 55.5 Å². The molecule has 3 aromatic rings. The van der Waals surface area contributed by atoms with Crippen LogP contribution in [-0.4, -0.2) is 33.0 Å². The molecule has 178 valence electrons. The Labute approximate surface area is 194 Å². The van der Waals surface area contributed by atoms with Crippen LogP contribution in [0.2, 0.25) is 0 Å². The Morgan fingerprint density at radius 2 is 1.88 bits per heavy atom. The van der Waals surface area contributed by atoms with Gasteiger partial charge in [0, 0.05) is 23.1 Å². The third kappa shape index (κ3) is 6.26. The molecule has 0 saturated heterocycles. The number of amides is 1. The molecule has 0 radical (unpaired) electrons. The van der Waals surface area contributed by atoms with Crippen molar-refractivity contribution < 1.29 is 23.9 Å². The summed E-state index contributed by atoms with van der Waals surface area (Å²) in [6.45, 7) is 7.12. The molecule has 3 rings (SSSR count). The summed E-state index contributed by atoms with van der Waals surface area (Å²) in [4.78, 5) is 30.1. The highest BCUT2D eigenvalue weighted by atomic mass is 31.2. The predicted molar refractivity (Wildman–Crippen MR) is 131 cm³/mol. The van der Waals surface area contributed by atoms with Crippen LogP contribution in [0.25, 0.3) is 10.9 Å². The van der Waals surface area contributed by atoms with E-state index in [4.69, 9.17) is 20.3 Å². The van der Waals surface area contributed by atoms with Crippen molar-refractivity contribution in [3.63, 3.8) is 0 Å². The lowest BCUT2D eigenvalue weighted by Gasteiger charge is -2.16. The zero-order valence-electron chi connectivity index (χ0n) is 19.5. The third-order valence-electron chi connectivity index (χ3n) is 5.76. The molecular formula is C25H33N2O5P. The van der Waals surface area contributed by atoms with Gasteiger partial charge in [-0.15, -0.1) is 0 Å². The van der Waals surface area contributed by atoms with Gasteiger partial charge in [-0.3, -0.25) is 9.36 Å². The van der Waals surface area contributed by atoms with Gasteiger partial charge < -0.3 is 24.8 Å². The molecule has 1 heterocycles. The first kappa shape index (κ1) is 25.0. The van der Waals surface area contributed by atoms with Crippen LogP contribution in [0.3, 0.4) is 0 Å². The van der Waals surface area contributed by atoms with Crippen LogP contribution < -0.4 is 10.5 Å². The first-order valence-corrected chi connectivity index (χ1v) is 13.1. The van der Waals surface area contributed by atoms with Crippen LogP contribution in [0, 0.1) is 0 Å². The van der Waals surface area contributed by atoms with E-state index in [0.717, 1.165) is 34.1 Å². The molecule has 0 bridgehead atoms. The first-order valence-electron chi connectivity index (χ1n) is 11.3. The van der Waals surface area contributed by atoms with Crippen molar-refractivity contribution in [3.8, 4) is 5.75 Å². The molecule has 0 aliphatic rings. The van der Waals surface area contributed by atoms with E-state index in [-0.39, 0.29) is 37.4 Å². The molecule has 0 fully saturated rings. The number of nitrogens with zero attached hydrogens (tertiary/aromatic N) is 1. The molecule has 2 aromatic carbocycles. The van der Waals surface area contributed by atoms with Gasteiger partial charge in [0.25, 0.3) is 0 Å². The summed E-state index contributed by atoms with van der Waals surface area (Å²) >= 11 is 0. The molecule has 7 nitrogen and oxygen atoms in total. The van der Waals surface area contributed by atoms with Crippen LogP contribution in [0.15, 0.2) is 42.5 Å². The largest absolute Gasteiger partial charge is 0.493 e. The van der Waals surface area contributed by atoms with Gasteiger partial charge >= 0.3 is 7.60 Å². The van der Waals surface area contributed by atoms with E-state index in [1.807, 2.05) is 24.3 Å². The fourth-order valence-electron chi connectivity index (χ4n) is 4.26. The molecule has 4 N–H and O–H groups in total. The maximum Gasteiger partial charge on any atom is 0.325 e. The molecule has 8 heteroatoms. The van der Waals surface area contributed by atoms with Crippen LogP contribution >= 0.6 is 7.60 Å². The highest BCUT2D eigenvalue weighted by Gasteiger charge is 2.21.